The van der Waals surface area contributed by atoms with E-state index in [-0.39, 0.29) is 0 Å². The number of rotatable bonds is 5. The SMILES string of the molecule is Cc1ccc(CC(CCl)Cc2nccs2)cc1. The van der Waals surface area contributed by atoms with E-state index in [0.717, 1.165) is 12.8 Å². The number of thiazole rings is 1. The molecule has 1 nitrogen and oxygen atoms in total. The van der Waals surface area contributed by atoms with E-state index in [1.54, 1.807) is 11.3 Å². The lowest BCUT2D eigenvalue weighted by molar-refractivity contribution is 0.582. The monoisotopic (exact) mass is 265 g/mol. The van der Waals surface area contributed by atoms with Gasteiger partial charge in [0.25, 0.3) is 0 Å². The Kier molecular flexibility index (Phi) is 4.57. The lowest BCUT2D eigenvalue weighted by Crippen LogP contribution is -2.10. The standard InChI is InChI=1S/C14H16ClNS/c1-11-2-4-12(5-3-11)8-13(10-15)9-14-16-6-7-17-14/h2-7,13H,8-10H2,1H3. The molecule has 1 aromatic carbocycles. The first kappa shape index (κ1) is 12.6. The molecule has 1 atom stereocenters. The molecule has 2 rings (SSSR count). The zero-order chi connectivity index (χ0) is 12.1. The molecule has 90 valence electrons. The molecule has 0 aliphatic carbocycles. The third-order valence-corrected chi connectivity index (χ3v) is 4.05. The first-order valence-electron chi connectivity index (χ1n) is 5.78. The van der Waals surface area contributed by atoms with Gasteiger partial charge in [0.2, 0.25) is 0 Å². The normalized spacial score (nSPS) is 12.6. The van der Waals surface area contributed by atoms with Crippen molar-refractivity contribution in [1.29, 1.82) is 0 Å². The fraction of sp³-hybridized carbons (Fsp3) is 0.357. The van der Waals surface area contributed by atoms with Gasteiger partial charge in [0.05, 0.1) is 5.01 Å². The number of alkyl halides is 1. The van der Waals surface area contributed by atoms with Crippen LogP contribution in [0.25, 0.3) is 0 Å². The largest absolute Gasteiger partial charge is 0.250 e. The maximum absolute atomic E-state index is 6.04. The van der Waals surface area contributed by atoms with Crippen molar-refractivity contribution in [3.8, 4) is 0 Å². The van der Waals surface area contributed by atoms with Crippen LogP contribution in [0.3, 0.4) is 0 Å². The Morgan fingerprint density at radius 3 is 2.59 bits per heavy atom. The van der Waals surface area contributed by atoms with Gasteiger partial charge in [-0.1, -0.05) is 29.8 Å². The van der Waals surface area contributed by atoms with Crippen molar-refractivity contribution >= 4 is 22.9 Å². The smallest absolute Gasteiger partial charge is 0.0928 e. The van der Waals surface area contributed by atoms with Crippen molar-refractivity contribution in [2.45, 2.75) is 19.8 Å². The third-order valence-electron chi connectivity index (χ3n) is 2.81. The summed E-state index contributed by atoms with van der Waals surface area (Å²) in [6.07, 6.45) is 3.87. The molecule has 3 heteroatoms. The summed E-state index contributed by atoms with van der Waals surface area (Å²) in [5, 5.41) is 3.20. The number of hydrogen-bond acceptors (Lipinski definition) is 2. The van der Waals surface area contributed by atoms with Crippen molar-refractivity contribution in [3.05, 3.63) is 52.0 Å². The Bertz CT molecular complexity index is 436. The number of aryl methyl sites for hydroxylation is 1. The van der Waals surface area contributed by atoms with Crippen LogP contribution in [0.1, 0.15) is 16.1 Å². The van der Waals surface area contributed by atoms with Crippen molar-refractivity contribution in [3.63, 3.8) is 0 Å². The lowest BCUT2D eigenvalue weighted by atomic mass is 9.97. The van der Waals surface area contributed by atoms with Crippen molar-refractivity contribution < 1.29 is 0 Å². The molecule has 0 aliphatic rings. The highest BCUT2D eigenvalue weighted by atomic mass is 35.5. The average molecular weight is 266 g/mol. The molecule has 1 heterocycles. The summed E-state index contributed by atoms with van der Waals surface area (Å²) in [6, 6.07) is 8.70. The molecular formula is C14H16ClNS. The maximum Gasteiger partial charge on any atom is 0.0928 e. The predicted octanol–water partition coefficient (Wildman–Crippen LogP) is 4.09. The van der Waals surface area contributed by atoms with Crippen LogP contribution < -0.4 is 0 Å². The van der Waals surface area contributed by atoms with E-state index < -0.39 is 0 Å². The van der Waals surface area contributed by atoms with E-state index in [0.29, 0.717) is 11.8 Å². The maximum atomic E-state index is 6.04. The minimum absolute atomic E-state index is 0.477. The van der Waals surface area contributed by atoms with E-state index in [1.807, 2.05) is 11.6 Å². The fourth-order valence-corrected chi connectivity index (χ4v) is 2.79. The zero-order valence-electron chi connectivity index (χ0n) is 9.90. The Balaban J connectivity index is 1.97. The van der Waals surface area contributed by atoms with Crippen LogP contribution in [0.2, 0.25) is 0 Å². The van der Waals surface area contributed by atoms with Gasteiger partial charge in [0, 0.05) is 23.9 Å². The van der Waals surface area contributed by atoms with Crippen molar-refractivity contribution in [1.82, 2.24) is 4.98 Å². The van der Waals surface area contributed by atoms with E-state index >= 15 is 0 Å². The number of nitrogens with zero attached hydrogens (tertiary/aromatic N) is 1. The zero-order valence-corrected chi connectivity index (χ0v) is 11.5. The molecule has 0 aliphatic heterocycles. The molecule has 0 spiro atoms. The van der Waals surface area contributed by atoms with Gasteiger partial charge < -0.3 is 0 Å². The van der Waals surface area contributed by atoms with Gasteiger partial charge in [-0.2, -0.15) is 0 Å². The van der Waals surface area contributed by atoms with Gasteiger partial charge in [-0.25, -0.2) is 4.98 Å². The summed E-state index contributed by atoms with van der Waals surface area (Å²) in [6.45, 7) is 2.11. The van der Waals surface area contributed by atoms with Crippen LogP contribution >= 0.6 is 22.9 Å². The average Bonchev–Trinajstić information content (AvgIpc) is 2.84. The van der Waals surface area contributed by atoms with Crippen LogP contribution in [0, 0.1) is 12.8 Å². The molecule has 0 N–H and O–H groups in total. The second-order valence-electron chi connectivity index (χ2n) is 4.34. The molecule has 2 aromatic rings. The molecule has 0 bridgehead atoms. The minimum atomic E-state index is 0.477. The summed E-state index contributed by atoms with van der Waals surface area (Å²) >= 11 is 7.75. The van der Waals surface area contributed by atoms with E-state index in [4.69, 9.17) is 11.6 Å². The highest BCUT2D eigenvalue weighted by Crippen LogP contribution is 2.18. The van der Waals surface area contributed by atoms with Crippen LogP contribution in [-0.4, -0.2) is 10.9 Å². The molecule has 1 aromatic heterocycles. The minimum Gasteiger partial charge on any atom is -0.250 e. The Morgan fingerprint density at radius 2 is 2.00 bits per heavy atom. The number of aromatic nitrogens is 1. The van der Waals surface area contributed by atoms with Crippen molar-refractivity contribution in [2.24, 2.45) is 5.92 Å². The Morgan fingerprint density at radius 1 is 1.24 bits per heavy atom. The van der Waals surface area contributed by atoms with Crippen LogP contribution in [0.15, 0.2) is 35.8 Å². The first-order valence-corrected chi connectivity index (χ1v) is 7.19. The lowest BCUT2D eigenvalue weighted by Gasteiger charge is -2.12. The topological polar surface area (TPSA) is 12.9 Å². The third kappa shape index (κ3) is 3.83. The molecule has 0 saturated carbocycles. The summed E-state index contributed by atoms with van der Waals surface area (Å²) in [4.78, 5) is 4.32. The van der Waals surface area contributed by atoms with E-state index in [9.17, 15) is 0 Å². The highest BCUT2D eigenvalue weighted by molar-refractivity contribution is 7.09. The van der Waals surface area contributed by atoms with Crippen molar-refractivity contribution in [2.75, 3.05) is 5.88 Å². The van der Waals surface area contributed by atoms with Gasteiger partial charge in [-0.15, -0.1) is 22.9 Å². The molecule has 0 amide bonds. The number of hydrogen-bond donors (Lipinski definition) is 0. The second-order valence-corrected chi connectivity index (χ2v) is 5.63. The molecule has 0 fully saturated rings. The Labute approximate surface area is 111 Å². The first-order chi connectivity index (χ1) is 8.28. The molecule has 0 radical (unpaired) electrons. The van der Waals surface area contributed by atoms with Gasteiger partial charge in [0.15, 0.2) is 0 Å². The van der Waals surface area contributed by atoms with Gasteiger partial charge in [-0.3, -0.25) is 0 Å². The predicted molar refractivity (Wildman–Crippen MR) is 74.9 cm³/mol. The van der Waals surface area contributed by atoms with E-state index in [1.165, 1.54) is 16.1 Å². The van der Waals surface area contributed by atoms with Crippen LogP contribution in [-0.2, 0) is 12.8 Å². The fourth-order valence-electron chi connectivity index (χ4n) is 1.84. The van der Waals surface area contributed by atoms with Gasteiger partial charge in [0.1, 0.15) is 0 Å². The van der Waals surface area contributed by atoms with Crippen LogP contribution in [0.5, 0.6) is 0 Å². The van der Waals surface area contributed by atoms with E-state index in [2.05, 4.69) is 36.2 Å². The summed E-state index contributed by atoms with van der Waals surface area (Å²) < 4.78 is 0. The molecule has 17 heavy (non-hydrogen) atoms. The summed E-state index contributed by atoms with van der Waals surface area (Å²) in [5.74, 6) is 1.17. The Hall–Kier alpha value is -0.860. The molecule has 1 unspecified atom stereocenters. The molecule has 0 saturated heterocycles. The van der Waals surface area contributed by atoms with Gasteiger partial charge >= 0.3 is 0 Å². The molecular weight excluding hydrogens is 250 g/mol. The van der Waals surface area contributed by atoms with Crippen LogP contribution in [0.4, 0.5) is 0 Å². The number of halogens is 1. The quantitative estimate of drug-likeness (QED) is 0.742. The number of benzene rings is 1. The van der Waals surface area contributed by atoms with Gasteiger partial charge in [-0.05, 0) is 24.8 Å². The summed E-state index contributed by atoms with van der Waals surface area (Å²) in [5.41, 5.74) is 2.66. The second kappa shape index (κ2) is 6.18. The highest BCUT2D eigenvalue weighted by Gasteiger charge is 2.11. The summed E-state index contributed by atoms with van der Waals surface area (Å²) in [7, 11) is 0.